The van der Waals surface area contributed by atoms with E-state index in [0.29, 0.717) is 0 Å². The van der Waals surface area contributed by atoms with Crippen molar-refractivity contribution in [2.75, 3.05) is 0 Å². The van der Waals surface area contributed by atoms with Crippen LogP contribution in [-0.4, -0.2) is 19.8 Å². The van der Waals surface area contributed by atoms with Gasteiger partial charge in [-0.2, -0.15) is 9.61 Å². The standard InChI is InChI=1S/C26H26N4S/c1-3-7-20(8-4-1)22(21-9-5-2-6-10-21)23-29-30-24(27-28-25(30)31-23)26-14-17-11-18(15-26)13-19(12-17)16-26/h1-10,17-19,22H,11-16H2. The molecule has 156 valence electrons. The average molecular weight is 427 g/mol. The molecule has 2 aromatic heterocycles. The molecule has 0 aliphatic heterocycles. The van der Waals surface area contributed by atoms with Crippen molar-refractivity contribution in [3.05, 3.63) is 82.6 Å². The van der Waals surface area contributed by atoms with E-state index in [1.807, 2.05) is 0 Å². The lowest BCUT2D eigenvalue weighted by Gasteiger charge is -2.55. The second kappa shape index (κ2) is 6.73. The van der Waals surface area contributed by atoms with Crippen LogP contribution >= 0.6 is 11.3 Å². The fraction of sp³-hybridized carbons (Fsp3) is 0.423. The summed E-state index contributed by atoms with van der Waals surface area (Å²) in [5.41, 5.74) is 2.75. The molecule has 0 radical (unpaired) electrons. The molecule has 0 saturated heterocycles. The fourth-order valence-corrected chi connectivity index (χ4v) is 8.23. The number of hydrogen-bond acceptors (Lipinski definition) is 4. The number of benzene rings is 2. The number of hydrogen-bond donors (Lipinski definition) is 0. The van der Waals surface area contributed by atoms with Crippen molar-refractivity contribution in [1.82, 2.24) is 19.8 Å². The molecular weight excluding hydrogens is 400 g/mol. The van der Waals surface area contributed by atoms with Crippen LogP contribution in [0.15, 0.2) is 60.7 Å². The van der Waals surface area contributed by atoms with Gasteiger partial charge < -0.3 is 0 Å². The van der Waals surface area contributed by atoms with Gasteiger partial charge in [-0.25, -0.2) is 0 Å². The van der Waals surface area contributed by atoms with Crippen molar-refractivity contribution >= 4 is 16.3 Å². The Balaban J connectivity index is 1.35. The van der Waals surface area contributed by atoms with Crippen LogP contribution in [0.25, 0.3) is 4.96 Å². The quantitative estimate of drug-likeness (QED) is 0.412. The highest BCUT2D eigenvalue weighted by atomic mass is 32.1. The van der Waals surface area contributed by atoms with Crippen LogP contribution in [-0.2, 0) is 5.41 Å². The van der Waals surface area contributed by atoms with E-state index >= 15 is 0 Å². The lowest BCUT2D eigenvalue weighted by atomic mass is 9.49. The van der Waals surface area contributed by atoms with Gasteiger partial charge in [0, 0.05) is 5.41 Å². The first-order valence-electron chi connectivity index (χ1n) is 11.6. The van der Waals surface area contributed by atoms with Crippen LogP contribution in [0.3, 0.4) is 0 Å². The maximum absolute atomic E-state index is 5.19. The van der Waals surface area contributed by atoms with Gasteiger partial charge in [-0.05, 0) is 67.4 Å². The molecule has 4 saturated carbocycles. The number of fused-ring (bicyclic) bond motifs is 1. The van der Waals surface area contributed by atoms with E-state index in [1.165, 1.54) is 49.7 Å². The molecule has 4 aliphatic rings. The van der Waals surface area contributed by atoms with Gasteiger partial charge in [-0.15, -0.1) is 10.2 Å². The van der Waals surface area contributed by atoms with Crippen LogP contribution in [0.4, 0.5) is 0 Å². The van der Waals surface area contributed by atoms with Crippen molar-refractivity contribution < 1.29 is 0 Å². The van der Waals surface area contributed by atoms with E-state index in [1.54, 1.807) is 11.3 Å². The Labute approximate surface area is 186 Å². The van der Waals surface area contributed by atoms with Gasteiger partial charge in [-0.3, -0.25) is 0 Å². The topological polar surface area (TPSA) is 43.1 Å². The van der Waals surface area contributed by atoms with Crippen LogP contribution in [0.5, 0.6) is 0 Å². The minimum absolute atomic E-state index is 0.123. The van der Waals surface area contributed by atoms with Crippen molar-refractivity contribution in [3.63, 3.8) is 0 Å². The summed E-state index contributed by atoms with van der Waals surface area (Å²) in [6.07, 6.45) is 8.17. The Morgan fingerprint density at radius 3 is 1.87 bits per heavy atom. The zero-order valence-corrected chi connectivity index (χ0v) is 18.3. The number of rotatable bonds is 4. The summed E-state index contributed by atoms with van der Waals surface area (Å²) in [6.45, 7) is 0. The zero-order chi connectivity index (χ0) is 20.4. The molecule has 4 nitrogen and oxygen atoms in total. The first kappa shape index (κ1) is 18.1. The summed E-state index contributed by atoms with van der Waals surface area (Å²) < 4.78 is 2.12. The third-order valence-corrected chi connectivity index (χ3v) is 9.00. The van der Waals surface area contributed by atoms with Crippen LogP contribution in [0.1, 0.15) is 66.4 Å². The van der Waals surface area contributed by atoms with Crippen molar-refractivity contribution in [1.29, 1.82) is 0 Å². The van der Waals surface area contributed by atoms with E-state index in [-0.39, 0.29) is 11.3 Å². The Morgan fingerprint density at radius 1 is 0.774 bits per heavy atom. The molecule has 8 rings (SSSR count). The SMILES string of the molecule is c1ccc(C(c2ccccc2)c2nn3c(C45CC6CC(CC(C6)C4)C5)nnc3s2)cc1. The van der Waals surface area contributed by atoms with Crippen LogP contribution in [0.2, 0.25) is 0 Å². The first-order valence-corrected chi connectivity index (χ1v) is 12.4. The van der Waals surface area contributed by atoms with E-state index < -0.39 is 0 Å². The lowest BCUT2D eigenvalue weighted by Crippen LogP contribution is -2.49. The maximum atomic E-state index is 5.19. The van der Waals surface area contributed by atoms with Crippen molar-refractivity contribution in [3.8, 4) is 0 Å². The molecule has 2 aromatic carbocycles. The molecule has 0 N–H and O–H groups in total. The number of aromatic nitrogens is 4. The van der Waals surface area contributed by atoms with Crippen LogP contribution in [0, 0.1) is 17.8 Å². The van der Waals surface area contributed by atoms with E-state index in [4.69, 9.17) is 10.2 Å². The Kier molecular flexibility index (Phi) is 3.93. The molecule has 4 aliphatic carbocycles. The molecule has 0 atom stereocenters. The monoisotopic (exact) mass is 426 g/mol. The molecule has 31 heavy (non-hydrogen) atoms. The van der Waals surface area contributed by atoms with Gasteiger partial charge in [0.2, 0.25) is 4.96 Å². The summed E-state index contributed by atoms with van der Waals surface area (Å²) in [5.74, 6) is 3.93. The van der Waals surface area contributed by atoms with Gasteiger partial charge >= 0.3 is 0 Å². The Hall–Kier alpha value is -2.53. The third kappa shape index (κ3) is 2.82. The zero-order valence-electron chi connectivity index (χ0n) is 17.5. The second-order valence-electron chi connectivity index (χ2n) is 10.1. The second-order valence-corrected chi connectivity index (χ2v) is 11.1. The average Bonchev–Trinajstić information content (AvgIpc) is 3.35. The lowest BCUT2D eigenvalue weighted by molar-refractivity contribution is -0.0103. The van der Waals surface area contributed by atoms with E-state index in [9.17, 15) is 0 Å². The highest BCUT2D eigenvalue weighted by Gasteiger charge is 2.54. The Morgan fingerprint density at radius 2 is 1.32 bits per heavy atom. The molecular formula is C26H26N4S. The fourth-order valence-electron chi connectivity index (χ4n) is 7.23. The van der Waals surface area contributed by atoms with E-state index in [0.717, 1.165) is 33.5 Å². The van der Waals surface area contributed by atoms with E-state index in [2.05, 4.69) is 70.3 Å². The molecule has 0 amide bonds. The third-order valence-electron chi connectivity index (χ3n) is 8.03. The largest absolute Gasteiger partial charge is 0.234 e. The minimum Gasteiger partial charge on any atom is -0.187 e. The van der Waals surface area contributed by atoms with Crippen molar-refractivity contribution in [2.24, 2.45) is 17.8 Å². The predicted octanol–water partition coefficient (Wildman–Crippen LogP) is 5.83. The van der Waals surface area contributed by atoms with Gasteiger partial charge in [0.15, 0.2) is 5.82 Å². The van der Waals surface area contributed by atoms with Gasteiger partial charge in [-0.1, -0.05) is 72.0 Å². The Bertz CT molecular complexity index is 1150. The highest BCUT2D eigenvalue weighted by molar-refractivity contribution is 7.16. The minimum atomic E-state index is 0.123. The van der Waals surface area contributed by atoms with Gasteiger partial charge in [0.1, 0.15) is 5.01 Å². The smallest absolute Gasteiger partial charge is 0.187 e. The predicted molar refractivity (Wildman–Crippen MR) is 122 cm³/mol. The summed E-state index contributed by atoms with van der Waals surface area (Å²) in [4.78, 5) is 0.942. The first-order chi connectivity index (χ1) is 15.3. The molecule has 2 heterocycles. The number of nitrogens with zero attached hydrogens (tertiary/aromatic N) is 4. The summed E-state index contributed by atoms with van der Waals surface area (Å²) in [7, 11) is 0. The highest BCUT2D eigenvalue weighted by Crippen LogP contribution is 2.60. The maximum Gasteiger partial charge on any atom is 0.234 e. The summed E-state index contributed by atoms with van der Waals surface area (Å²) in [5, 5.41) is 15.7. The molecule has 0 unspecified atom stereocenters. The van der Waals surface area contributed by atoms with Crippen molar-refractivity contribution in [2.45, 2.75) is 49.9 Å². The molecule has 4 bridgehead atoms. The molecule has 4 aromatic rings. The normalized spacial score (nSPS) is 29.3. The summed E-state index contributed by atoms with van der Waals surface area (Å²) in [6, 6.07) is 21.5. The van der Waals surface area contributed by atoms with Crippen LogP contribution < -0.4 is 0 Å². The van der Waals surface area contributed by atoms with Gasteiger partial charge in [0.25, 0.3) is 0 Å². The molecule has 5 heteroatoms. The molecule has 0 spiro atoms. The summed E-state index contributed by atoms with van der Waals surface area (Å²) >= 11 is 1.70. The van der Waals surface area contributed by atoms with Gasteiger partial charge in [0.05, 0.1) is 5.92 Å². The molecule has 4 fully saturated rings.